The Bertz CT molecular complexity index is 992. The number of H-pyrrole nitrogens is 2. The van der Waals surface area contributed by atoms with Gasteiger partial charge in [-0.3, -0.25) is 9.78 Å². The first-order valence-corrected chi connectivity index (χ1v) is 9.16. The molecule has 1 aliphatic carbocycles. The van der Waals surface area contributed by atoms with Crippen LogP contribution in [0.25, 0.3) is 17.6 Å². The molecular formula is C19H22N6O3. The standard InChI is InChI=1S/C19H22N6O3/c1-3-15(26)25-8-7-12(10-25)20-18-16-11(5-4-6-14(16)28-2)9-13(21-18)17-22-19(27)24-23-17/h3-5,9,12,14H,1,6-8,10H2,2H3,(H,20,21)(H2,22,23,24,27)/t12-,14?/m0/s1. The van der Waals surface area contributed by atoms with Gasteiger partial charge in [0.2, 0.25) is 5.91 Å². The molecule has 146 valence electrons. The van der Waals surface area contributed by atoms with Crippen LogP contribution in [0.5, 0.6) is 0 Å². The molecule has 2 aromatic heterocycles. The molecule has 2 aromatic rings. The molecule has 0 radical (unpaired) electrons. The van der Waals surface area contributed by atoms with Crippen molar-refractivity contribution >= 4 is 17.8 Å². The van der Waals surface area contributed by atoms with Crippen LogP contribution in [0.1, 0.15) is 30.1 Å². The Morgan fingerprint density at radius 3 is 3.07 bits per heavy atom. The molecule has 1 unspecified atom stereocenters. The predicted octanol–water partition coefficient (Wildman–Crippen LogP) is 1.46. The number of hydrogen-bond acceptors (Lipinski definition) is 6. The Balaban J connectivity index is 1.70. The topological polar surface area (TPSA) is 116 Å². The van der Waals surface area contributed by atoms with Gasteiger partial charge in [-0.25, -0.2) is 14.9 Å². The first kappa shape index (κ1) is 18.2. The number of amides is 1. The fourth-order valence-electron chi connectivity index (χ4n) is 3.72. The molecule has 1 aliphatic heterocycles. The van der Waals surface area contributed by atoms with Crippen molar-refractivity contribution in [3.8, 4) is 11.5 Å². The summed E-state index contributed by atoms with van der Waals surface area (Å²) in [5.74, 6) is 0.990. The van der Waals surface area contributed by atoms with Crippen molar-refractivity contribution < 1.29 is 9.53 Å². The highest BCUT2D eigenvalue weighted by atomic mass is 16.5. The number of likely N-dealkylation sites (tertiary alicyclic amines) is 1. The highest BCUT2D eigenvalue weighted by Gasteiger charge is 2.29. The van der Waals surface area contributed by atoms with E-state index < -0.39 is 0 Å². The summed E-state index contributed by atoms with van der Waals surface area (Å²) in [4.78, 5) is 32.4. The van der Waals surface area contributed by atoms with E-state index in [-0.39, 0.29) is 23.7 Å². The number of aromatic amines is 2. The number of fused-ring (bicyclic) bond motifs is 1. The lowest BCUT2D eigenvalue weighted by atomic mass is 9.94. The van der Waals surface area contributed by atoms with Crippen LogP contribution in [-0.2, 0) is 9.53 Å². The molecular weight excluding hydrogens is 360 g/mol. The van der Waals surface area contributed by atoms with E-state index in [4.69, 9.17) is 9.72 Å². The second kappa shape index (κ2) is 7.43. The number of pyridine rings is 1. The van der Waals surface area contributed by atoms with E-state index in [0.29, 0.717) is 30.4 Å². The Hall–Kier alpha value is -3.20. The van der Waals surface area contributed by atoms with Crippen molar-refractivity contribution in [2.24, 2.45) is 0 Å². The van der Waals surface area contributed by atoms with E-state index in [2.05, 4.69) is 33.2 Å². The lowest BCUT2D eigenvalue weighted by molar-refractivity contribution is -0.125. The zero-order valence-electron chi connectivity index (χ0n) is 15.6. The minimum atomic E-state index is -0.385. The maximum atomic E-state index is 11.9. The van der Waals surface area contributed by atoms with Crippen molar-refractivity contribution in [1.29, 1.82) is 0 Å². The number of rotatable bonds is 5. The Labute approximate surface area is 161 Å². The van der Waals surface area contributed by atoms with E-state index in [1.807, 2.05) is 12.1 Å². The van der Waals surface area contributed by atoms with Crippen molar-refractivity contribution in [3.05, 3.63) is 46.4 Å². The number of aromatic nitrogens is 4. The lowest BCUT2D eigenvalue weighted by Crippen LogP contribution is -2.30. The van der Waals surface area contributed by atoms with Gasteiger partial charge in [-0.1, -0.05) is 18.7 Å². The molecule has 0 bridgehead atoms. The predicted molar refractivity (Wildman–Crippen MR) is 105 cm³/mol. The molecule has 0 aromatic carbocycles. The van der Waals surface area contributed by atoms with E-state index in [1.54, 1.807) is 12.0 Å². The summed E-state index contributed by atoms with van der Waals surface area (Å²) in [5.41, 5.74) is 2.10. The number of hydrogen-bond donors (Lipinski definition) is 3. The van der Waals surface area contributed by atoms with E-state index in [0.717, 1.165) is 24.0 Å². The van der Waals surface area contributed by atoms with Gasteiger partial charge in [0.15, 0.2) is 5.82 Å². The van der Waals surface area contributed by atoms with Crippen LogP contribution >= 0.6 is 0 Å². The smallest absolute Gasteiger partial charge is 0.340 e. The number of nitrogens with zero attached hydrogens (tertiary/aromatic N) is 3. The van der Waals surface area contributed by atoms with Crippen molar-refractivity contribution in [2.45, 2.75) is 25.0 Å². The second-order valence-corrected chi connectivity index (χ2v) is 6.87. The fraction of sp³-hybridized carbons (Fsp3) is 0.368. The van der Waals surface area contributed by atoms with Crippen LogP contribution in [-0.4, -0.2) is 57.2 Å². The van der Waals surface area contributed by atoms with Gasteiger partial charge in [0.25, 0.3) is 0 Å². The molecule has 28 heavy (non-hydrogen) atoms. The zero-order valence-corrected chi connectivity index (χ0v) is 15.6. The monoisotopic (exact) mass is 382 g/mol. The molecule has 4 rings (SSSR count). The molecule has 9 nitrogen and oxygen atoms in total. The summed E-state index contributed by atoms with van der Waals surface area (Å²) in [5, 5.41) is 9.83. The maximum absolute atomic E-state index is 11.9. The Morgan fingerprint density at radius 1 is 1.50 bits per heavy atom. The number of carbonyl (C=O) groups excluding carboxylic acids is 1. The van der Waals surface area contributed by atoms with Crippen LogP contribution in [0.3, 0.4) is 0 Å². The van der Waals surface area contributed by atoms with Gasteiger partial charge in [0, 0.05) is 31.8 Å². The maximum Gasteiger partial charge on any atom is 0.340 e. The van der Waals surface area contributed by atoms with Gasteiger partial charge in [-0.2, -0.15) is 5.10 Å². The molecule has 3 N–H and O–H groups in total. The van der Waals surface area contributed by atoms with Gasteiger partial charge >= 0.3 is 5.69 Å². The lowest BCUT2D eigenvalue weighted by Gasteiger charge is -2.25. The molecule has 1 saturated heterocycles. The normalized spacial score (nSPS) is 20.8. The average Bonchev–Trinajstić information content (AvgIpc) is 3.35. The molecule has 2 aliphatic rings. The van der Waals surface area contributed by atoms with Gasteiger partial charge in [-0.15, -0.1) is 0 Å². The molecule has 3 heterocycles. The van der Waals surface area contributed by atoms with Crippen LogP contribution in [0.15, 0.2) is 29.6 Å². The second-order valence-electron chi connectivity index (χ2n) is 6.87. The third-order valence-electron chi connectivity index (χ3n) is 5.10. The molecule has 0 saturated carbocycles. The van der Waals surface area contributed by atoms with Crippen LogP contribution in [0, 0.1) is 0 Å². The van der Waals surface area contributed by atoms with E-state index in [9.17, 15) is 9.59 Å². The van der Waals surface area contributed by atoms with Crippen molar-refractivity contribution in [1.82, 2.24) is 25.1 Å². The summed E-state index contributed by atoms with van der Waals surface area (Å²) in [6.45, 7) is 4.81. The zero-order chi connectivity index (χ0) is 19.7. The Morgan fingerprint density at radius 2 is 2.36 bits per heavy atom. The average molecular weight is 382 g/mol. The number of ether oxygens (including phenoxy) is 1. The SMILES string of the molecule is C=CC(=O)N1CC[C@H](Nc2nc(-c3n[nH]c(=O)[nH]3)cc3c2C(OC)CC=C3)C1. The summed E-state index contributed by atoms with van der Waals surface area (Å²) in [7, 11) is 1.68. The third kappa shape index (κ3) is 3.36. The molecule has 1 fully saturated rings. The molecule has 1 amide bonds. The third-order valence-corrected chi connectivity index (χ3v) is 5.10. The minimum Gasteiger partial charge on any atom is -0.376 e. The van der Waals surface area contributed by atoms with Gasteiger partial charge in [-0.05, 0) is 30.5 Å². The number of nitrogens with one attached hydrogen (secondary N) is 3. The summed E-state index contributed by atoms with van der Waals surface area (Å²) in [6.07, 6.45) is 6.86. The number of carbonyl (C=O) groups is 1. The molecule has 0 spiro atoms. The largest absolute Gasteiger partial charge is 0.376 e. The quantitative estimate of drug-likeness (QED) is 0.674. The minimum absolute atomic E-state index is 0.0670. The summed E-state index contributed by atoms with van der Waals surface area (Å²) in [6, 6.07) is 1.95. The van der Waals surface area contributed by atoms with E-state index in [1.165, 1.54) is 6.08 Å². The number of methoxy groups -OCH3 is 1. The fourth-order valence-corrected chi connectivity index (χ4v) is 3.72. The van der Waals surface area contributed by atoms with Crippen molar-refractivity contribution in [2.75, 3.05) is 25.5 Å². The number of anilines is 1. The molecule has 2 atom stereocenters. The van der Waals surface area contributed by atoms with E-state index >= 15 is 0 Å². The summed E-state index contributed by atoms with van der Waals surface area (Å²) < 4.78 is 5.66. The van der Waals surface area contributed by atoms with Crippen LogP contribution < -0.4 is 11.0 Å². The highest BCUT2D eigenvalue weighted by molar-refractivity contribution is 5.87. The van der Waals surface area contributed by atoms with Crippen molar-refractivity contribution in [3.63, 3.8) is 0 Å². The first-order valence-electron chi connectivity index (χ1n) is 9.16. The van der Waals surface area contributed by atoms with Crippen LogP contribution in [0.4, 0.5) is 5.82 Å². The van der Waals surface area contributed by atoms with Crippen LogP contribution in [0.2, 0.25) is 0 Å². The highest BCUT2D eigenvalue weighted by Crippen LogP contribution is 2.37. The first-order chi connectivity index (χ1) is 13.6. The summed E-state index contributed by atoms with van der Waals surface area (Å²) >= 11 is 0. The van der Waals surface area contributed by atoms with Gasteiger partial charge in [0.1, 0.15) is 11.5 Å². The van der Waals surface area contributed by atoms with Gasteiger partial charge in [0.05, 0.1) is 6.10 Å². The Kier molecular flexibility index (Phi) is 4.82. The van der Waals surface area contributed by atoms with Gasteiger partial charge < -0.3 is 15.0 Å². The molecule has 9 heteroatoms.